The Hall–Kier alpha value is -1.42. The molecule has 1 saturated carbocycles. The number of carbonyl (C=O) groups is 1. The van der Waals surface area contributed by atoms with Gasteiger partial charge in [-0.15, -0.1) is 0 Å². The Labute approximate surface area is 95.0 Å². The van der Waals surface area contributed by atoms with Crippen LogP contribution in [0, 0.1) is 6.92 Å². The lowest BCUT2D eigenvalue weighted by Gasteiger charge is -2.10. The van der Waals surface area contributed by atoms with E-state index in [-0.39, 0.29) is 12.0 Å². The molecule has 2 rings (SSSR count). The molecule has 86 valence electrons. The van der Waals surface area contributed by atoms with Crippen molar-refractivity contribution >= 4 is 5.91 Å². The summed E-state index contributed by atoms with van der Waals surface area (Å²) in [6.07, 6.45) is 4.60. The molecule has 1 aromatic heterocycles. The Bertz CT molecular complexity index is 373. The van der Waals surface area contributed by atoms with Crippen LogP contribution in [0.2, 0.25) is 0 Å². The Kier molecular flexibility index (Phi) is 3.51. The van der Waals surface area contributed by atoms with Gasteiger partial charge in [-0.05, 0) is 31.9 Å². The lowest BCUT2D eigenvalue weighted by atomic mass is 10.3. The van der Waals surface area contributed by atoms with Crippen molar-refractivity contribution in [2.45, 2.75) is 38.7 Å². The summed E-state index contributed by atoms with van der Waals surface area (Å²) in [7, 11) is 0. The smallest absolute Gasteiger partial charge is 0.270 e. The van der Waals surface area contributed by atoms with Crippen molar-refractivity contribution in [2.75, 3.05) is 0 Å². The van der Waals surface area contributed by atoms with E-state index in [9.17, 15) is 4.79 Å². The van der Waals surface area contributed by atoms with Crippen LogP contribution in [0.5, 0.6) is 0 Å². The normalized spacial score (nSPS) is 16.3. The van der Waals surface area contributed by atoms with Gasteiger partial charge in [0.1, 0.15) is 5.69 Å². The van der Waals surface area contributed by atoms with Gasteiger partial charge in [0.15, 0.2) is 0 Å². The van der Waals surface area contributed by atoms with E-state index < -0.39 is 0 Å². The molecule has 4 nitrogen and oxygen atoms in total. The quantitative estimate of drug-likeness (QED) is 0.792. The molecular weight excluding hydrogens is 204 g/mol. The van der Waals surface area contributed by atoms with E-state index >= 15 is 0 Å². The van der Waals surface area contributed by atoms with E-state index in [4.69, 9.17) is 4.84 Å². The molecule has 4 heteroatoms. The van der Waals surface area contributed by atoms with Gasteiger partial charge in [0, 0.05) is 5.69 Å². The minimum Gasteiger partial charge on any atom is -0.270 e. The molecule has 0 bridgehead atoms. The number of aromatic nitrogens is 1. The van der Waals surface area contributed by atoms with Crippen LogP contribution in [0.3, 0.4) is 0 Å². The first-order valence-corrected chi connectivity index (χ1v) is 5.65. The molecule has 1 amide bonds. The van der Waals surface area contributed by atoms with E-state index in [1.54, 1.807) is 6.07 Å². The van der Waals surface area contributed by atoms with Gasteiger partial charge in [0.05, 0.1) is 6.10 Å². The molecule has 0 atom stereocenters. The number of hydroxylamine groups is 1. The fourth-order valence-electron chi connectivity index (χ4n) is 1.86. The zero-order chi connectivity index (χ0) is 11.4. The van der Waals surface area contributed by atoms with Crippen LogP contribution in [0.1, 0.15) is 41.9 Å². The number of rotatable bonds is 3. The molecule has 1 aromatic rings. The molecule has 16 heavy (non-hydrogen) atoms. The molecule has 0 radical (unpaired) electrons. The summed E-state index contributed by atoms with van der Waals surface area (Å²) in [6.45, 7) is 1.86. The van der Waals surface area contributed by atoms with Crippen molar-refractivity contribution in [3.63, 3.8) is 0 Å². The minimum atomic E-state index is -0.268. The van der Waals surface area contributed by atoms with Crippen LogP contribution in [0.15, 0.2) is 18.2 Å². The number of nitrogens with zero attached hydrogens (tertiary/aromatic N) is 1. The zero-order valence-corrected chi connectivity index (χ0v) is 9.40. The maximum atomic E-state index is 11.7. The Morgan fingerprint density at radius 2 is 2.19 bits per heavy atom. The van der Waals surface area contributed by atoms with Crippen LogP contribution >= 0.6 is 0 Å². The molecule has 0 spiro atoms. The number of hydrogen-bond acceptors (Lipinski definition) is 3. The van der Waals surface area contributed by atoms with Gasteiger partial charge in [0.25, 0.3) is 5.91 Å². The van der Waals surface area contributed by atoms with Gasteiger partial charge in [-0.25, -0.2) is 10.5 Å². The molecule has 1 N–H and O–H groups in total. The topological polar surface area (TPSA) is 51.2 Å². The summed E-state index contributed by atoms with van der Waals surface area (Å²) in [5.74, 6) is -0.268. The first-order chi connectivity index (χ1) is 7.75. The van der Waals surface area contributed by atoms with Gasteiger partial charge >= 0.3 is 0 Å². The number of amides is 1. The second-order valence-corrected chi connectivity index (χ2v) is 4.12. The first kappa shape index (κ1) is 11.1. The molecule has 0 aliphatic heterocycles. The SMILES string of the molecule is Cc1cccc(C(=O)NOC2CCCC2)n1. The highest BCUT2D eigenvalue weighted by molar-refractivity contribution is 5.91. The predicted molar refractivity (Wildman–Crippen MR) is 59.8 cm³/mol. The standard InChI is InChI=1S/C12H16N2O2/c1-9-5-4-8-11(13-9)12(15)14-16-10-6-2-3-7-10/h4-5,8,10H,2-3,6-7H2,1H3,(H,14,15). The number of aryl methyl sites for hydroxylation is 1. The molecule has 0 saturated heterocycles. The molecule has 1 aliphatic carbocycles. The molecule has 0 aromatic carbocycles. The number of nitrogens with one attached hydrogen (secondary N) is 1. The molecule has 1 aliphatic rings. The van der Waals surface area contributed by atoms with E-state index in [1.807, 2.05) is 19.1 Å². The highest BCUT2D eigenvalue weighted by atomic mass is 16.7. The van der Waals surface area contributed by atoms with Crippen LogP contribution in [0.4, 0.5) is 0 Å². The molecule has 1 fully saturated rings. The highest BCUT2D eigenvalue weighted by Gasteiger charge is 2.17. The summed E-state index contributed by atoms with van der Waals surface area (Å²) in [6, 6.07) is 5.35. The minimum absolute atomic E-state index is 0.175. The maximum Gasteiger partial charge on any atom is 0.293 e. The van der Waals surface area contributed by atoms with E-state index in [2.05, 4.69) is 10.5 Å². The fourth-order valence-corrected chi connectivity index (χ4v) is 1.86. The van der Waals surface area contributed by atoms with Crippen LogP contribution in [-0.4, -0.2) is 17.0 Å². The fraction of sp³-hybridized carbons (Fsp3) is 0.500. The summed E-state index contributed by atoms with van der Waals surface area (Å²) >= 11 is 0. The summed E-state index contributed by atoms with van der Waals surface area (Å²) < 4.78 is 0. The number of hydrogen-bond donors (Lipinski definition) is 1. The monoisotopic (exact) mass is 220 g/mol. The summed E-state index contributed by atoms with van der Waals surface area (Å²) in [4.78, 5) is 21.1. The zero-order valence-electron chi connectivity index (χ0n) is 9.40. The van der Waals surface area contributed by atoms with Crippen LogP contribution < -0.4 is 5.48 Å². The summed E-state index contributed by atoms with van der Waals surface area (Å²) in [5, 5.41) is 0. The van der Waals surface area contributed by atoms with E-state index in [1.165, 1.54) is 12.8 Å². The van der Waals surface area contributed by atoms with Crippen molar-refractivity contribution in [2.24, 2.45) is 0 Å². The van der Waals surface area contributed by atoms with Gasteiger partial charge in [-0.1, -0.05) is 18.9 Å². The Morgan fingerprint density at radius 1 is 1.44 bits per heavy atom. The number of pyridine rings is 1. The van der Waals surface area contributed by atoms with Crippen LogP contribution in [0.25, 0.3) is 0 Å². The lowest BCUT2D eigenvalue weighted by Crippen LogP contribution is -2.29. The molecule has 1 heterocycles. The van der Waals surface area contributed by atoms with Gasteiger partial charge < -0.3 is 0 Å². The Morgan fingerprint density at radius 3 is 2.88 bits per heavy atom. The van der Waals surface area contributed by atoms with Gasteiger partial charge in [0.2, 0.25) is 0 Å². The molecule has 0 unspecified atom stereocenters. The van der Waals surface area contributed by atoms with E-state index in [0.29, 0.717) is 5.69 Å². The second-order valence-electron chi connectivity index (χ2n) is 4.12. The third kappa shape index (κ3) is 2.79. The maximum absolute atomic E-state index is 11.7. The largest absolute Gasteiger partial charge is 0.293 e. The van der Waals surface area contributed by atoms with Crippen molar-refractivity contribution < 1.29 is 9.63 Å². The van der Waals surface area contributed by atoms with Gasteiger partial charge in [-0.3, -0.25) is 9.63 Å². The Balaban J connectivity index is 1.87. The third-order valence-corrected chi connectivity index (χ3v) is 2.74. The van der Waals surface area contributed by atoms with Gasteiger partial charge in [-0.2, -0.15) is 0 Å². The predicted octanol–water partition coefficient (Wildman–Crippen LogP) is 1.99. The average Bonchev–Trinajstić information content (AvgIpc) is 2.78. The van der Waals surface area contributed by atoms with E-state index in [0.717, 1.165) is 18.5 Å². The summed E-state index contributed by atoms with van der Waals surface area (Å²) in [5.41, 5.74) is 3.69. The lowest BCUT2D eigenvalue weighted by molar-refractivity contribution is -0.0127. The van der Waals surface area contributed by atoms with Crippen molar-refractivity contribution in [3.8, 4) is 0 Å². The highest BCUT2D eigenvalue weighted by Crippen LogP contribution is 2.19. The van der Waals surface area contributed by atoms with Crippen molar-refractivity contribution in [3.05, 3.63) is 29.6 Å². The first-order valence-electron chi connectivity index (χ1n) is 5.65. The average molecular weight is 220 g/mol. The van der Waals surface area contributed by atoms with Crippen molar-refractivity contribution in [1.82, 2.24) is 10.5 Å². The second kappa shape index (κ2) is 5.07. The number of carbonyl (C=O) groups excluding carboxylic acids is 1. The van der Waals surface area contributed by atoms with Crippen molar-refractivity contribution in [1.29, 1.82) is 0 Å². The molecular formula is C12H16N2O2. The van der Waals surface area contributed by atoms with Crippen LogP contribution in [-0.2, 0) is 4.84 Å². The third-order valence-electron chi connectivity index (χ3n) is 2.74.